The Hall–Kier alpha value is -1.02. The Morgan fingerprint density at radius 1 is 1.29 bits per heavy atom. The fraction of sp³-hybridized carbons (Fsp3) is 0.600. The average Bonchev–Trinajstić information content (AvgIpc) is 2.33. The Morgan fingerprint density at radius 3 is 2.94 bits per heavy atom. The Morgan fingerprint density at radius 2 is 2.12 bits per heavy atom. The lowest BCUT2D eigenvalue weighted by Crippen LogP contribution is -2.45. The van der Waals surface area contributed by atoms with Crippen LogP contribution < -0.4 is 10.2 Å². The molecule has 92 valence electrons. The van der Waals surface area contributed by atoms with Crippen molar-refractivity contribution >= 4 is 5.69 Å². The van der Waals surface area contributed by atoms with Gasteiger partial charge in [-0.15, -0.1) is 0 Å². The van der Waals surface area contributed by atoms with Crippen LogP contribution >= 0.6 is 0 Å². The maximum Gasteiger partial charge on any atom is 0.0431 e. The van der Waals surface area contributed by atoms with E-state index < -0.39 is 0 Å². The third-order valence-corrected chi connectivity index (χ3v) is 4.63. The number of hydrogen-bond acceptors (Lipinski definition) is 2. The van der Waals surface area contributed by atoms with Gasteiger partial charge in [-0.1, -0.05) is 12.1 Å². The first-order chi connectivity index (χ1) is 8.18. The van der Waals surface area contributed by atoms with Crippen molar-refractivity contribution in [3.05, 3.63) is 28.8 Å². The van der Waals surface area contributed by atoms with E-state index in [1.807, 2.05) is 0 Å². The van der Waals surface area contributed by atoms with E-state index >= 15 is 0 Å². The van der Waals surface area contributed by atoms with Gasteiger partial charge in [0.2, 0.25) is 0 Å². The molecule has 3 rings (SSSR count). The van der Waals surface area contributed by atoms with E-state index in [4.69, 9.17) is 0 Å². The first-order valence-electron chi connectivity index (χ1n) is 6.70. The van der Waals surface area contributed by atoms with E-state index in [0.717, 1.165) is 11.8 Å². The van der Waals surface area contributed by atoms with Crippen molar-refractivity contribution in [3.8, 4) is 0 Å². The van der Waals surface area contributed by atoms with Gasteiger partial charge in [0, 0.05) is 25.8 Å². The van der Waals surface area contributed by atoms with E-state index in [9.17, 15) is 0 Å². The number of rotatable bonds is 0. The minimum absolute atomic E-state index is 0.779. The van der Waals surface area contributed by atoms with Gasteiger partial charge in [-0.3, -0.25) is 0 Å². The van der Waals surface area contributed by atoms with Crippen molar-refractivity contribution in [3.63, 3.8) is 0 Å². The zero-order chi connectivity index (χ0) is 12.0. The zero-order valence-corrected chi connectivity index (χ0v) is 11.1. The molecule has 0 spiro atoms. The largest absolute Gasteiger partial charge is 0.374 e. The summed E-state index contributed by atoms with van der Waals surface area (Å²) in [6, 6.07) is 4.67. The van der Waals surface area contributed by atoms with Crippen molar-refractivity contribution in [1.29, 1.82) is 0 Å². The van der Waals surface area contributed by atoms with Crippen LogP contribution in [0.5, 0.6) is 0 Å². The highest BCUT2D eigenvalue weighted by Gasteiger charge is 2.34. The van der Waals surface area contributed by atoms with Crippen LogP contribution in [0.25, 0.3) is 0 Å². The molecular formula is C15H22N2. The van der Waals surface area contributed by atoms with E-state index in [-0.39, 0.29) is 0 Å². The number of aryl methyl sites for hydroxylation is 1. The highest BCUT2D eigenvalue weighted by Crippen LogP contribution is 2.43. The fourth-order valence-electron chi connectivity index (χ4n) is 3.60. The summed E-state index contributed by atoms with van der Waals surface area (Å²) in [5, 5.41) is 3.53. The number of nitrogens with zero attached hydrogens (tertiary/aromatic N) is 1. The van der Waals surface area contributed by atoms with Gasteiger partial charge in [-0.25, -0.2) is 0 Å². The number of piperidine rings is 1. The maximum atomic E-state index is 3.53. The molecule has 2 heteroatoms. The maximum absolute atomic E-state index is 3.53. The number of hydrogen-bond donors (Lipinski definition) is 1. The molecule has 2 atom stereocenters. The number of fused-ring (bicyclic) bond motifs is 3. The molecule has 0 bridgehead atoms. The zero-order valence-electron chi connectivity index (χ0n) is 11.1. The second-order valence-electron chi connectivity index (χ2n) is 5.69. The van der Waals surface area contributed by atoms with E-state index in [0.29, 0.717) is 0 Å². The summed E-state index contributed by atoms with van der Waals surface area (Å²) in [7, 11) is 2.25. The Labute approximate surface area is 104 Å². The second-order valence-corrected chi connectivity index (χ2v) is 5.69. The first-order valence-corrected chi connectivity index (χ1v) is 6.70. The number of benzene rings is 1. The summed E-state index contributed by atoms with van der Waals surface area (Å²) >= 11 is 0. The molecule has 0 aromatic heterocycles. The van der Waals surface area contributed by atoms with Gasteiger partial charge >= 0.3 is 0 Å². The standard InChI is InChI=1S/C15H22N2/c1-10-4-5-14-13-6-7-16-8-12(13)9-17(3)15(14)11(10)2/h4-5,12-13,16H,6-9H2,1-3H3. The fourth-order valence-corrected chi connectivity index (χ4v) is 3.60. The molecule has 1 aromatic rings. The number of anilines is 1. The highest BCUT2D eigenvalue weighted by molar-refractivity contribution is 5.64. The van der Waals surface area contributed by atoms with E-state index in [1.165, 1.54) is 42.9 Å². The summed E-state index contributed by atoms with van der Waals surface area (Å²) in [6.45, 7) is 8.05. The molecule has 2 aliphatic heterocycles. The molecule has 0 aliphatic carbocycles. The Bertz CT molecular complexity index is 439. The molecule has 17 heavy (non-hydrogen) atoms. The molecule has 1 fully saturated rings. The predicted molar refractivity (Wildman–Crippen MR) is 72.9 cm³/mol. The quantitative estimate of drug-likeness (QED) is 0.736. The van der Waals surface area contributed by atoms with Crippen molar-refractivity contribution in [2.75, 3.05) is 31.6 Å². The van der Waals surface area contributed by atoms with Crippen LogP contribution in [0, 0.1) is 19.8 Å². The molecule has 1 N–H and O–H groups in total. The van der Waals surface area contributed by atoms with Crippen LogP contribution in [0.4, 0.5) is 5.69 Å². The highest BCUT2D eigenvalue weighted by atomic mass is 15.1. The van der Waals surface area contributed by atoms with Crippen molar-refractivity contribution in [2.45, 2.75) is 26.2 Å². The molecular weight excluding hydrogens is 208 g/mol. The molecule has 2 aliphatic rings. The molecule has 1 aromatic carbocycles. The minimum atomic E-state index is 0.779. The predicted octanol–water partition coefficient (Wildman–Crippen LogP) is 2.45. The first kappa shape index (κ1) is 11.1. The third kappa shape index (κ3) is 1.66. The molecule has 0 saturated carbocycles. The minimum Gasteiger partial charge on any atom is -0.374 e. The summed E-state index contributed by atoms with van der Waals surface area (Å²) in [6.07, 6.45) is 1.30. The Kier molecular flexibility index (Phi) is 2.62. The molecule has 2 unspecified atom stereocenters. The lowest BCUT2D eigenvalue weighted by Gasteiger charge is -2.43. The van der Waals surface area contributed by atoms with Crippen LogP contribution in [0.2, 0.25) is 0 Å². The van der Waals surface area contributed by atoms with Crippen molar-refractivity contribution in [2.24, 2.45) is 5.92 Å². The summed E-state index contributed by atoms with van der Waals surface area (Å²) in [5.41, 5.74) is 5.99. The average molecular weight is 230 g/mol. The van der Waals surface area contributed by atoms with Gasteiger partial charge in [0.15, 0.2) is 0 Å². The molecule has 0 radical (unpaired) electrons. The van der Waals surface area contributed by atoms with Crippen LogP contribution in [0.1, 0.15) is 29.0 Å². The molecule has 2 nitrogen and oxygen atoms in total. The van der Waals surface area contributed by atoms with Crippen LogP contribution in [0.15, 0.2) is 12.1 Å². The molecule has 0 amide bonds. The van der Waals surface area contributed by atoms with Gasteiger partial charge in [0.25, 0.3) is 0 Å². The Balaban J connectivity index is 2.11. The monoisotopic (exact) mass is 230 g/mol. The van der Waals surface area contributed by atoms with Gasteiger partial charge < -0.3 is 10.2 Å². The van der Waals surface area contributed by atoms with Crippen LogP contribution in [-0.4, -0.2) is 26.7 Å². The van der Waals surface area contributed by atoms with Crippen molar-refractivity contribution in [1.82, 2.24) is 5.32 Å². The summed E-state index contributed by atoms with van der Waals surface area (Å²) in [5.74, 6) is 1.57. The lowest BCUT2D eigenvalue weighted by atomic mass is 9.76. The van der Waals surface area contributed by atoms with Crippen molar-refractivity contribution < 1.29 is 0 Å². The van der Waals surface area contributed by atoms with E-state index in [1.54, 1.807) is 5.56 Å². The second kappa shape index (κ2) is 4.02. The summed E-state index contributed by atoms with van der Waals surface area (Å²) < 4.78 is 0. The SMILES string of the molecule is Cc1ccc2c(c1C)N(C)CC1CNCCC21. The van der Waals surface area contributed by atoms with Gasteiger partial charge in [0.05, 0.1) is 0 Å². The van der Waals surface area contributed by atoms with Crippen LogP contribution in [-0.2, 0) is 0 Å². The summed E-state index contributed by atoms with van der Waals surface area (Å²) in [4.78, 5) is 2.46. The normalized spacial score (nSPS) is 27.6. The molecule has 1 saturated heterocycles. The van der Waals surface area contributed by atoms with Gasteiger partial charge in [-0.2, -0.15) is 0 Å². The smallest absolute Gasteiger partial charge is 0.0431 e. The lowest BCUT2D eigenvalue weighted by molar-refractivity contribution is 0.318. The van der Waals surface area contributed by atoms with Gasteiger partial charge in [0.1, 0.15) is 0 Å². The van der Waals surface area contributed by atoms with Gasteiger partial charge in [-0.05, 0) is 55.3 Å². The topological polar surface area (TPSA) is 15.3 Å². The van der Waals surface area contributed by atoms with Crippen LogP contribution in [0.3, 0.4) is 0 Å². The third-order valence-electron chi connectivity index (χ3n) is 4.63. The number of nitrogens with one attached hydrogen (secondary N) is 1. The van der Waals surface area contributed by atoms with E-state index in [2.05, 4.69) is 43.2 Å². The molecule has 2 heterocycles.